The molecule has 2 unspecified atom stereocenters. The molecular weight excluding hydrogens is 328 g/mol. The maximum Gasteiger partial charge on any atom is 0.240 e. The standard InChI is InChI=1S/C18H28N2O3.ClH/c1-13(2)23-15-8-6-14(7-9-15)16(21)12-19-17(22)18(3)10-4-5-11-20-18;/h6-9,13,16,20-21H,4-5,10-12H2,1-3H3,(H,19,22);1H. The second kappa shape index (κ2) is 9.25. The Morgan fingerprint density at radius 3 is 2.54 bits per heavy atom. The van der Waals surface area contributed by atoms with E-state index in [0.717, 1.165) is 37.1 Å². The first-order chi connectivity index (χ1) is 10.9. The van der Waals surface area contributed by atoms with Gasteiger partial charge in [-0.25, -0.2) is 0 Å². The van der Waals surface area contributed by atoms with Gasteiger partial charge in [-0.2, -0.15) is 0 Å². The topological polar surface area (TPSA) is 70.6 Å². The van der Waals surface area contributed by atoms with Gasteiger partial charge in [0.15, 0.2) is 0 Å². The van der Waals surface area contributed by atoms with Gasteiger partial charge in [0, 0.05) is 6.54 Å². The van der Waals surface area contributed by atoms with Crippen LogP contribution in [0.15, 0.2) is 24.3 Å². The Bertz CT molecular complexity index is 514. The van der Waals surface area contributed by atoms with Crippen LogP contribution in [0, 0.1) is 0 Å². The molecule has 1 amide bonds. The molecule has 136 valence electrons. The van der Waals surface area contributed by atoms with Gasteiger partial charge in [0.05, 0.1) is 17.7 Å². The third-order valence-corrected chi connectivity index (χ3v) is 4.21. The monoisotopic (exact) mass is 356 g/mol. The summed E-state index contributed by atoms with van der Waals surface area (Å²) in [5, 5.41) is 16.4. The highest BCUT2D eigenvalue weighted by molar-refractivity contribution is 5.86. The summed E-state index contributed by atoms with van der Waals surface area (Å²) in [5.41, 5.74) is 0.246. The molecular formula is C18H29ClN2O3. The van der Waals surface area contributed by atoms with Gasteiger partial charge in [-0.1, -0.05) is 12.1 Å². The van der Waals surface area contributed by atoms with Gasteiger partial charge in [0.25, 0.3) is 0 Å². The van der Waals surface area contributed by atoms with E-state index in [4.69, 9.17) is 4.74 Å². The number of carbonyl (C=O) groups excluding carboxylic acids is 1. The molecule has 24 heavy (non-hydrogen) atoms. The zero-order valence-corrected chi connectivity index (χ0v) is 15.5. The van der Waals surface area contributed by atoms with Gasteiger partial charge >= 0.3 is 0 Å². The fourth-order valence-corrected chi connectivity index (χ4v) is 2.79. The molecule has 1 aromatic carbocycles. The Labute approximate surface area is 150 Å². The maximum atomic E-state index is 12.3. The molecule has 1 aliphatic heterocycles. The zero-order valence-electron chi connectivity index (χ0n) is 14.7. The summed E-state index contributed by atoms with van der Waals surface area (Å²) in [6, 6.07) is 7.33. The van der Waals surface area contributed by atoms with Crippen LogP contribution in [0.3, 0.4) is 0 Å². The second-order valence-corrected chi connectivity index (χ2v) is 6.68. The van der Waals surface area contributed by atoms with Crippen molar-refractivity contribution in [2.75, 3.05) is 13.1 Å². The number of aliphatic hydroxyl groups is 1. The van der Waals surface area contributed by atoms with Crippen LogP contribution in [0.4, 0.5) is 0 Å². The van der Waals surface area contributed by atoms with E-state index in [1.807, 2.05) is 45.0 Å². The van der Waals surface area contributed by atoms with Crippen molar-refractivity contribution >= 4 is 18.3 Å². The lowest BCUT2D eigenvalue weighted by molar-refractivity contribution is -0.128. The molecule has 1 aromatic rings. The van der Waals surface area contributed by atoms with E-state index in [0.29, 0.717) is 0 Å². The van der Waals surface area contributed by atoms with Gasteiger partial charge < -0.3 is 20.5 Å². The van der Waals surface area contributed by atoms with Crippen molar-refractivity contribution in [1.82, 2.24) is 10.6 Å². The highest BCUT2D eigenvalue weighted by atomic mass is 35.5. The van der Waals surface area contributed by atoms with Crippen LogP contribution in [0.25, 0.3) is 0 Å². The Balaban J connectivity index is 0.00000288. The number of piperidine rings is 1. The normalized spacial score (nSPS) is 21.7. The van der Waals surface area contributed by atoms with E-state index < -0.39 is 11.6 Å². The summed E-state index contributed by atoms with van der Waals surface area (Å²) in [7, 11) is 0. The highest BCUT2D eigenvalue weighted by Gasteiger charge is 2.34. The minimum atomic E-state index is -0.723. The van der Waals surface area contributed by atoms with Gasteiger partial charge in [0.1, 0.15) is 5.75 Å². The highest BCUT2D eigenvalue weighted by Crippen LogP contribution is 2.20. The number of hydrogen-bond acceptors (Lipinski definition) is 4. The van der Waals surface area contributed by atoms with Crippen LogP contribution < -0.4 is 15.4 Å². The number of benzene rings is 1. The first-order valence-corrected chi connectivity index (χ1v) is 8.39. The van der Waals surface area contributed by atoms with Crippen LogP contribution >= 0.6 is 12.4 Å². The lowest BCUT2D eigenvalue weighted by Gasteiger charge is -2.33. The van der Waals surface area contributed by atoms with Crippen molar-refractivity contribution in [2.24, 2.45) is 0 Å². The molecule has 2 atom stereocenters. The molecule has 0 bridgehead atoms. The Hall–Kier alpha value is -1.30. The first-order valence-electron chi connectivity index (χ1n) is 8.39. The average molecular weight is 357 g/mol. The number of halogens is 1. The molecule has 3 N–H and O–H groups in total. The number of ether oxygens (including phenoxy) is 1. The van der Waals surface area contributed by atoms with Crippen molar-refractivity contribution in [3.8, 4) is 5.75 Å². The average Bonchev–Trinajstić information content (AvgIpc) is 2.53. The molecule has 0 aliphatic carbocycles. The van der Waals surface area contributed by atoms with Crippen LogP contribution in [0.2, 0.25) is 0 Å². The van der Waals surface area contributed by atoms with Crippen molar-refractivity contribution in [1.29, 1.82) is 0 Å². The molecule has 0 aromatic heterocycles. The van der Waals surface area contributed by atoms with Crippen molar-refractivity contribution < 1.29 is 14.6 Å². The number of carbonyl (C=O) groups is 1. The number of hydrogen-bond donors (Lipinski definition) is 3. The molecule has 0 saturated carbocycles. The predicted molar refractivity (Wildman–Crippen MR) is 97.7 cm³/mol. The van der Waals surface area contributed by atoms with Gasteiger partial charge in [-0.3, -0.25) is 4.79 Å². The SMILES string of the molecule is CC(C)Oc1ccc(C(O)CNC(=O)C2(C)CCCCN2)cc1.Cl. The number of rotatable bonds is 6. The Kier molecular flexibility index (Phi) is 8.00. The maximum absolute atomic E-state index is 12.3. The van der Waals surface area contributed by atoms with Gasteiger partial charge in [0.2, 0.25) is 5.91 Å². The fraction of sp³-hybridized carbons (Fsp3) is 0.611. The molecule has 1 fully saturated rings. The second-order valence-electron chi connectivity index (χ2n) is 6.68. The zero-order chi connectivity index (χ0) is 16.9. The smallest absolute Gasteiger partial charge is 0.240 e. The predicted octanol–water partition coefficient (Wildman–Crippen LogP) is 2.58. The molecule has 5 nitrogen and oxygen atoms in total. The number of amides is 1. The quantitative estimate of drug-likeness (QED) is 0.732. The van der Waals surface area contributed by atoms with E-state index in [9.17, 15) is 9.90 Å². The van der Waals surface area contributed by atoms with Crippen LogP contribution in [-0.4, -0.2) is 35.7 Å². The van der Waals surface area contributed by atoms with Crippen molar-refractivity contribution in [3.63, 3.8) is 0 Å². The molecule has 1 aliphatic rings. The third-order valence-electron chi connectivity index (χ3n) is 4.21. The number of nitrogens with one attached hydrogen (secondary N) is 2. The van der Waals surface area contributed by atoms with Gasteiger partial charge in [-0.15, -0.1) is 12.4 Å². The summed E-state index contributed by atoms with van der Waals surface area (Å²) in [4.78, 5) is 12.3. The lowest BCUT2D eigenvalue weighted by atomic mass is 9.90. The molecule has 6 heteroatoms. The van der Waals surface area contributed by atoms with Crippen LogP contribution in [0.5, 0.6) is 5.75 Å². The minimum Gasteiger partial charge on any atom is -0.491 e. The summed E-state index contributed by atoms with van der Waals surface area (Å²) >= 11 is 0. The molecule has 0 spiro atoms. The summed E-state index contributed by atoms with van der Waals surface area (Å²) in [5.74, 6) is 0.731. The van der Waals surface area contributed by atoms with Crippen molar-refractivity contribution in [2.45, 2.75) is 57.8 Å². The van der Waals surface area contributed by atoms with E-state index in [1.54, 1.807) is 0 Å². The van der Waals surface area contributed by atoms with Crippen LogP contribution in [0.1, 0.15) is 51.7 Å². The number of aliphatic hydroxyl groups excluding tert-OH is 1. The van der Waals surface area contributed by atoms with Gasteiger partial charge in [-0.05, 0) is 64.3 Å². The van der Waals surface area contributed by atoms with E-state index in [2.05, 4.69) is 10.6 Å². The summed E-state index contributed by atoms with van der Waals surface area (Å²) < 4.78 is 5.58. The first kappa shape index (κ1) is 20.7. The summed E-state index contributed by atoms with van der Waals surface area (Å²) in [6.07, 6.45) is 2.39. The minimum absolute atomic E-state index is 0. The molecule has 0 radical (unpaired) electrons. The lowest BCUT2D eigenvalue weighted by Crippen LogP contribution is -2.57. The molecule has 2 rings (SSSR count). The van der Waals surface area contributed by atoms with Crippen molar-refractivity contribution in [3.05, 3.63) is 29.8 Å². The molecule has 1 heterocycles. The molecule has 1 saturated heterocycles. The Morgan fingerprint density at radius 2 is 2.00 bits per heavy atom. The third kappa shape index (κ3) is 5.65. The largest absolute Gasteiger partial charge is 0.491 e. The van der Waals surface area contributed by atoms with E-state index in [-0.39, 0.29) is 31.0 Å². The Morgan fingerprint density at radius 1 is 1.33 bits per heavy atom. The van der Waals surface area contributed by atoms with E-state index in [1.165, 1.54) is 0 Å². The van der Waals surface area contributed by atoms with E-state index >= 15 is 0 Å². The van der Waals surface area contributed by atoms with Crippen LogP contribution in [-0.2, 0) is 4.79 Å². The summed E-state index contributed by atoms with van der Waals surface area (Å²) in [6.45, 7) is 6.94. The fourth-order valence-electron chi connectivity index (χ4n) is 2.79.